The molecule has 0 fully saturated rings. The van der Waals surface area contributed by atoms with Crippen LogP contribution in [0.1, 0.15) is 37.7 Å². The molecule has 2 N–H and O–H groups in total. The summed E-state index contributed by atoms with van der Waals surface area (Å²) >= 11 is 6.09. The number of fused-ring (bicyclic) bond motifs is 1. The van der Waals surface area contributed by atoms with Gasteiger partial charge in [-0.2, -0.15) is 0 Å². The van der Waals surface area contributed by atoms with Gasteiger partial charge in [0.05, 0.1) is 6.04 Å². The van der Waals surface area contributed by atoms with E-state index in [1.54, 1.807) is 0 Å². The molecule has 1 unspecified atom stereocenters. The summed E-state index contributed by atoms with van der Waals surface area (Å²) in [5.74, 6) is 1.77. The first-order valence-corrected chi connectivity index (χ1v) is 9.64. The lowest BCUT2D eigenvalue weighted by Gasteiger charge is -2.18. The SMILES string of the molecule is CCNC(=NCCCc1nnc2ccccn12)NC(C)c1cccc(Cl)c1.I. The predicted molar refractivity (Wildman–Crippen MR) is 126 cm³/mol. The molecule has 3 rings (SSSR count). The van der Waals surface area contributed by atoms with E-state index in [1.165, 1.54) is 0 Å². The zero-order chi connectivity index (χ0) is 19.1. The molecule has 0 saturated heterocycles. The summed E-state index contributed by atoms with van der Waals surface area (Å²) < 4.78 is 2.02. The van der Waals surface area contributed by atoms with E-state index in [2.05, 4.69) is 45.7 Å². The number of aromatic nitrogens is 3. The summed E-state index contributed by atoms with van der Waals surface area (Å²) in [4.78, 5) is 4.68. The molecule has 1 aromatic carbocycles. The van der Waals surface area contributed by atoms with Crippen molar-refractivity contribution in [2.45, 2.75) is 32.7 Å². The highest BCUT2D eigenvalue weighted by atomic mass is 127. The van der Waals surface area contributed by atoms with Crippen molar-refractivity contribution in [2.75, 3.05) is 13.1 Å². The fraction of sp³-hybridized carbons (Fsp3) is 0.350. The van der Waals surface area contributed by atoms with Gasteiger partial charge in [-0.1, -0.05) is 29.8 Å². The second-order valence-corrected chi connectivity index (χ2v) is 6.77. The largest absolute Gasteiger partial charge is 0.357 e. The minimum Gasteiger partial charge on any atom is -0.357 e. The number of guanidine groups is 1. The second-order valence-electron chi connectivity index (χ2n) is 6.33. The first-order chi connectivity index (χ1) is 13.2. The number of aliphatic imine (C=N–C) groups is 1. The van der Waals surface area contributed by atoms with Crippen molar-refractivity contribution in [2.24, 2.45) is 4.99 Å². The Morgan fingerprint density at radius 3 is 2.86 bits per heavy atom. The highest BCUT2D eigenvalue weighted by molar-refractivity contribution is 14.0. The molecular weight excluding hydrogens is 487 g/mol. The molecule has 0 aliphatic rings. The van der Waals surface area contributed by atoms with Gasteiger partial charge < -0.3 is 10.6 Å². The van der Waals surface area contributed by atoms with Crippen LogP contribution in [-0.2, 0) is 6.42 Å². The lowest BCUT2D eigenvalue weighted by Crippen LogP contribution is -2.38. The van der Waals surface area contributed by atoms with Gasteiger partial charge in [-0.15, -0.1) is 34.2 Å². The average Bonchev–Trinajstić information content (AvgIpc) is 3.08. The monoisotopic (exact) mass is 512 g/mol. The number of halogens is 2. The second kappa shape index (κ2) is 11.2. The van der Waals surface area contributed by atoms with Crippen LogP contribution in [-0.4, -0.2) is 33.6 Å². The lowest BCUT2D eigenvalue weighted by atomic mass is 10.1. The van der Waals surface area contributed by atoms with Gasteiger partial charge >= 0.3 is 0 Å². The number of hydrogen-bond donors (Lipinski definition) is 2. The quantitative estimate of drug-likeness (QED) is 0.215. The Morgan fingerprint density at radius 2 is 2.07 bits per heavy atom. The lowest BCUT2D eigenvalue weighted by molar-refractivity contribution is 0.681. The molecule has 150 valence electrons. The van der Waals surface area contributed by atoms with E-state index in [4.69, 9.17) is 11.6 Å². The Balaban J connectivity index is 0.00000280. The molecule has 8 heteroatoms. The molecule has 0 aliphatic heterocycles. The van der Waals surface area contributed by atoms with E-state index in [9.17, 15) is 0 Å². The van der Waals surface area contributed by atoms with Crippen LogP contribution in [0.2, 0.25) is 5.02 Å². The first kappa shape index (κ1) is 22.4. The summed E-state index contributed by atoms with van der Waals surface area (Å²) in [6, 6.07) is 13.9. The first-order valence-electron chi connectivity index (χ1n) is 9.26. The Kier molecular flexibility index (Phi) is 8.98. The molecule has 3 aromatic rings. The van der Waals surface area contributed by atoms with Crippen LogP contribution < -0.4 is 10.6 Å². The van der Waals surface area contributed by atoms with Crippen molar-refractivity contribution in [1.29, 1.82) is 0 Å². The van der Waals surface area contributed by atoms with Gasteiger partial charge in [0.1, 0.15) is 5.82 Å². The van der Waals surface area contributed by atoms with E-state index in [1.807, 2.05) is 47.0 Å². The molecule has 6 nitrogen and oxygen atoms in total. The summed E-state index contributed by atoms with van der Waals surface area (Å²) in [5, 5.41) is 15.9. The standard InChI is InChI=1S/C20H25ClN6.HI/c1-3-22-20(24-15(2)16-8-6-9-17(21)14-16)23-12-7-11-19-26-25-18-10-4-5-13-27(18)19;/h4-6,8-10,13-15H,3,7,11-12H2,1-2H3,(H2,22,23,24);1H. The topological polar surface area (TPSA) is 66.6 Å². The smallest absolute Gasteiger partial charge is 0.191 e. The zero-order valence-electron chi connectivity index (χ0n) is 16.1. The van der Waals surface area contributed by atoms with Crippen LogP contribution in [0.4, 0.5) is 0 Å². The molecule has 0 amide bonds. The van der Waals surface area contributed by atoms with Crippen molar-refractivity contribution >= 4 is 47.2 Å². The molecule has 28 heavy (non-hydrogen) atoms. The van der Waals surface area contributed by atoms with Crippen molar-refractivity contribution < 1.29 is 0 Å². The van der Waals surface area contributed by atoms with Crippen molar-refractivity contribution in [3.8, 4) is 0 Å². The van der Waals surface area contributed by atoms with Gasteiger partial charge in [0.25, 0.3) is 0 Å². The Hall–Kier alpha value is -1.87. The minimum absolute atomic E-state index is 0. The van der Waals surface area contributed by atoms with Crippen molar-refractivity contribution in [3.05, 3.63) is 65.1 Å². The summed E-state index contributed by atoms with van der Waals surface area (Å²) in [6.45, 7) is 5.67. The van der Waals surface area contributed by atoms with Crippen LogP contribution in [0, 0.1) is 0 Å². The molecule has 0 spiro atoms. The van der Waals surface area contributed by atoms with Gasteiger partial charge in [0.2, 0.25) is 0 Å². The summed E-state index contributed by atoms with van der Waals surface area (Å²) in [5.41, 5.74) is 2.00. The maximum Gasteiger partial charge on any atom is 0.191 e. The molecule has 0 bridgehead atoms. The molecule has 1 atom stereocenters. The Bertz CT molecular complexity index is 910. The number of benzene rings is 1. The van der Waals surface area contributed by atoms with E-state index in [0.29, 0.717) is 6.54 Å². The van der Waals surface area contributed by atoms with Gasteiger partial charge in [0.15, 0.2) is 11.6 Å². The summed E-state index contributed by atoms with van der Waals surface area (Å²) in [6.07, 6.45) is 3.72. The number of nitrogens with zero attached hydrogens (tertiary/aromatic N) is 4. The molecular formula is C20H26ClIN6. The molecule has 0 aliphatic carbocycles. The molecule has 0 saturated carbocycles. The third-order valence-corrected chi connectivity index (χ3v) is 4.49. The number of nitrogens with one attached hydrogen (secondary N) is 2. The molecule has 0 radical (unpaired) electrons. The number of pyridine rings is 1. The normalized spacial score (nSPS) is 12.5. The third kappa shape index (κ3) is 6.07. The summed E-state index contributed by atoms with van der Waals surface area (Å²) in [7, 11) is 0. The zero-order valence-corrected chi connectivity index (χ0v) is 19.2. The van der Waals surface area contributed by atoms with Gasteiger partial charge in [-0.05, 0) is 50.1 Å². The predicted octanol–water partition coefficient (Wildman–Crippen LogP) is 4.25. The maximum absolute atomic E-state index is 6.09. The van der Waals surface area contributed by atoms with E-state index in [-0.39, 0.29) is 30.0 Å². The van der Waals surface area contributed by atoms with Crippen LogP contribution in [0.25, 0.3) is 5.65 Å². The number of aryl methyl sites for hydroxylation is 1. The average molecular weight is 513 g/mol. The number of rotatable bonds is 7. The fourth-order valence-corrected chi connectivity index (χ4v) is 3.07. The fourth-order valence-electron chi connectivity index (χ4n) is 2.87. The van der Waals surface area contributed by atoms with Crippen molar-refractivity contribution in [1.82, 2.24) is 25.2 Å². The number of hydrogen-bond acceptors (Lipinski definition) is 3. The Morgan fingerprint density at radius 1 is 1.21 bits per heavy atom. The van der Waals surface area contributed by atoms with Crippen LogP contribution in [0.15, 0.2) is 53.7 Å². The van der Waals surface area contributed by atoms with Gasteiger partial charge in [0, 0.05) is 30.7 Å². The van der Waals surface area contributed by atoms with Crippen molar-refractivity contribution in [3.63, 3.8) is 0 Å². The highest BCUT2D eigenvalue weighted by Crippen LogP contribution is 2.17. The van der Waals surface area contributed by atoms with E-state index >= 15 is 0 Å². The minimum atomic E-state index is 0. The van der Waals surface area contributed by atoms with E-state index in [0.717, 1.165) is 47.4 Å². The third-order valence-electron chi connectivity index (χ3n) is 4.26. The van der Waals surface area contributed by atoms with E-state index < -0.39 is 0 Å². The van der Waals surface area contributed by atoms with Crippen LogP contribution >= 0.6 is 35.6 Å². The van der Waals surface area contributed by atoms with Gasteiger partial charge in [-0.25, -0.2) is 0 Å². The molecule has 2 heterocycles. The van der Waals surface area contributed by atoms with Crippen LogP contribution in [0.5, 0.6) is 0 Å². The van der Waals surface area contributed by atoms with Gasteiger partial charge in [-0.3, -0.25) is 9.39 Å². The molecule has 2 aromatic heterocycles. The van der Waals surface area contributed by atoms with Crippen LogP contribution in [0.3, 0.4) is 0 Å². The maximum atomic E-state index is 6.09. The highest BCUT2D eigenvalue weighted by Gasteiger charge is 2.08. The Labute approximate surface area is 187 Å².